The minimum atomic E-state index is -1.09. The third-order valence-electron chi connectivity index (χ3n) is 4.63. The number of aliphatic hydroxyl groups is 3. The summed E-state index contributed by atoms with van der Waals surface area (Å²) < 4.78 is 7.23. The fourth-order valence-corrected chi connectivity index (χ4v) is 3.29. The number of aliphatic hydroxyl groups excluding tert-OH is 3. The number of rotatable bonds is 3. The van der Waals surface area contributed by atoms with Gasteiger partial charge in [-0.05, 0) is 5.41 Å². The van der Waals surface area contributed by atoms with Crippen molar-refractivity contribution in [2.75, 3.05) is 6.61 Å². The van der Waals surface area contributed by atoms with Crippen LogP contribution >= 0.6 is 0 Å². The van der Waals surface area contributed by atoms with E-state index in [1.807, 2.05) is 51.1 Å². The van der Waals surface area contributed by atoms with E-state index in [0.717, 1.165) is 5.56 Å². The molecule has 136 valence electrons. The molecule has 3 rings (SSSR count). The van der Waals surface area contributed by atoms with Crippen LogP contribution in [-0.4, -0.2) is 61.3 Å². The maximum atomic E-state index is 10.8. The first-order valence-electron chi connectivity index (χ1n) is 8.42. The third kappa shape index (κ3) is 3.46. The smallest absolute Gasteiger partial charge is 0.113 e. The molecular weight excluding hydrogens is 322 g/mol. The van der Waals surface area contributed by atoms with Crippen molar-refractivity contribution in [3.05, 3.63) is 36.5 Å². The fraction of sp³-hybridized carbons (Fsp3) is 0.556. The first-order chi connectivity index (χ1) is 11.8. The van der Waals surface area contributed by atoms with E-state index < -0.39 is 30.5 Å². The summed E-state index contributed by atoms with van der Waals surface area (Å²) in [4.78, 5) is 0. The van der Waals surface area contributed by atoms with Gasteiger partial charge in [-0.2, -0.15) is 0 Å². The zero-order chi connectivity index (χ0) is 18.2. The van der Waals surface area contributed by atoms with Crippen molar-refractivity contribution in [1.82, 2.24) is 15.0 Å². The summed E-state index contributed by atoms with van der Waals surface area (Å²) in [5.74, 6) is 0. The first-order valence-corrected chi connectivity index (χ1v) is 8.42. The van der Waals surface area contributed by atoms with Crippen molar-refractivity contribution in [2.45, 2.75) is 51.2 Å². The number of hydrogen-bond donors (Lipinski definition) is 3. The second-order valence-corrected chi connectivity index (χ2v) is 7.57. The van der Waals surface area contributed by atoms with Crippen molar-refractivity contribution in [2.24, 2.45) is 5.41 Å². The molecule has 7 heteroatoms. The van der Waals surface area contributed by atoms with E-state index in [9.17, 15) is 15.3 Å². The van der Waals surface area contributed by atoms with E-state index in [0.29, 0.717) is 5.69 Å². The Hall–Kier alpha value is -1.80. The highest BCUT2D eigenvalue weighted by molar-refractivity contribution is 5.57. The minimum absolute atomic E-state index is 0.336. The van der Waals surface area contributed by atoms with E-state index >= 15 is 0 Å². The molecule has 0 amide bonds. The molecular formula is C18H25N3O4. The summed E-state index contributed by atoms with van der Waals surface area (Å²) in [7, 11) is 0. The number of benzene rings is 1. The lowest BCUT2D eigenvalue weighted by molar-refractivity contribution is -0.230. The van der Waals surface area contributed by atoms with Gasteiger partial charge in [-0.15, -0.1) is 5.10 Å². The van der Waals surface area contributed by atoms with Crippen LogP contribution in [0.4, 0.5) is 0 Å². The van der Waals surface area contributed by atoms with E-state index in [2.05, 4.69) is 10.3 Å². The molecule has 1 fully saturated rings. The summed E-state index contributed by atoms with van der Waals surface area (Å²) in [6.45, 7) is 5.50. The highest BCUT2D eigenvalue weighted by atomic mass is 16.5. The standard InChI is InChI=1S/C18H25N3O4/c1-18(2,3)17-16(24)14(15(23)13(10-22)25-17)21-9-12(19-20-21)11-7-5-4-6-8-11/h4-9,13-17,22-24H,10H2,1-3H3/t13-,14+,15+,16-,17?/m1/s1. The largest absolute Gasteiger partial charge is 0.394 e. The zero-order valence-corrected chi connectivity index (χ0v) is 14.6. The Kier molecular flexibility index (Phi) is 4.92. The molecule has 7 nitrogen and oxygen atoms in total. The number of aromatic nitrogens is 3. The van der Waals surface area contributed by atoms with Crippen molar-refractivity contribution in [1.29, 1.82) is 0 Å². The van der Waals surface area contributed by atoms with Crippen LogP contribution in [0.1, 0.15) is 26.8 Å². The highest BCUT2D eigenvalue weighted by Gasteiger charge is 2.49. The lowest BCUT2D eigenvalue weighted by Crippen LogP contribution is -2.59. The van der Waals surface area contributed by atoms with Crippen molar-refractivity contribution in [3.63, 3.8) is 0 Å². The predicted molar refractivity (Wildman–Crippen MR) is 91.7 cm³/mol. The highest BCUT2D eigenvalue weighted by Crippen LogP contribution is 2.38. The van der Waals surface area contributed by atoms with Gasteiger partial charge in [-0.3, -0.25) is 0 Å². The maximum Gasteiger partial charge on any atom is 0.113 e. The average molecular weight is 347 g/mol. The molecule has 3 N–H and O–H groups in total. The Morgan fingerprint density at radius 3 is 2.40 bits per heavy atom. The molecule has 0 spiro atoms. The van der Waals surface area contributed by atoms with Gasteiger partial charge in [0, 0.05) is 5.56 Å². The van der Waals surface area contributed by atoms with Crippen molar-refractivity contribution in [3.8, 4) is 11.3 Å². The van der Waals surface area contributed by atoms with Crippen LogP contribution in [0.25, 0.3) is 11.3 Å². The molecule has 1 aromatic carbocycles. The average Bonchev–Trinajstić information content (AvgIpc) is 3.04. The van der Waals surface area contributed by atoms with Crippen LogP contribution < -0.4 is 0 Å². The van der Waals surface area contributed by atoms with E-state index in [1.54, 1.807) is 6.20 Å². The molecule has 1 unspecified atom stereocenters. The normalized spacial score (nSPS) is 30.4. The van der Waals surface area contributed by atoms with Gasteiger partial charge in [0.05, 0.1) is 18.9 Å². The summed E-state index contributed by atoms with van der Waals surface area (Å²) >= 11 is 0. The Labute approximate surface area is 146 Å². The van der Waals surface area contributed by atoms with E-state index in [-0.39, 0.29) is 12.0 Å². The van der Waals surface area contributed by atoms with Gasteiger partial charge in [0.2, 0.25) is 0 Å². The summed E-state index contributed by atoms with van der Waals surface area (Å²) in [5.41, 5.74) is 1.18. The van der Waals surface area contributed by atoms with E-state index in [1.165, 1.54) is 4.68 Å². The van der Waals surface area contributed by atoms with Gasteiger partial charge in [0.15, 0.2) is 0 Å². The van der Waals surface area contributed by atoms with Gasteiger partial charge >= 0.3 is 0 Å². The van der Waals surface area contributed by atoms with Crippen LogP contribution in [0.3, 0.4) is 0 Å². The third-order valence-corrected chi connectivity index (χ3v) is 4.63. The quantitative estimate of drug-likeness (QED) is 0.766. The Balaban J connectivity index is 1.94. The lowest BCUT2D eigenvalue weighted by Gasteiger charge is -2.46. The minimum Gasteiger partial charge on any atom is -0.394 e. The molecule has 1 aromatic heterocycles. The van der Waals surface area contributed by atoms with Crippen LogP contribution in [0.5, 0.6) is 0 Å². The Morgan fingerprint density at radius 1 is 1.12 bits per heavy atom. The molecule has 1 aliphatic heterocycles. The van der Waals surface area contributed by atoms with Crippen molar-refractivity contribution >= 4 is 0 Å². The molecule has 25 heavy (non-hydrogen) atoms. The molecule has 0 radical (unpaired) electrons. The van der Waals surface area contributed by atoms with Gasteiger partial charge in [0.25, 0.3) is 0 Å². The Bertz CT molecular complexity index is 698. The second-order valence-electron chi connectivity index (χ2n) is 7.57. The number of ether oxygens (including phenoxy) is 1. The predicted octanol–water partition coefficient (Wildman–Crippen LogP) is 1.01. The molecule has 2 aromatic rings. The Morgan fingerprint density at radius 2 is 1.80 bits per heavy atom. The topological polar surface area (TPSA) is 101 Å². The molecule has 1 saturated heterocycles. The molecule has 0 saturated carbocycles. The molecule has 0 bridgehead atoms. The maximum absolute atomic E-state index is 10.8. The van der Waals surface area contributed by atoms with E-state index in [4.69, 9.17) is 4.74 Å². The summed E-state index contributed by atoms with van der Waals surface area (Å²) in [5, 5.41) is 39.2. The molecule has 5 atom stereocenters. The van der Waals surface area contributed by atoms with Gasteiger partial charge in [-0.1, -0.05) is 56.3 Å². The molecule has 1 aliphatic rings. The number of hydrogen-bond acceptors (Lipinski definition) is 6. The van der Waals surface area contributed by atoms with Gasteiger partial charge in [0.1, 0.15) is 30.0 Å². The zero-order valence-electron chi connectivity index (χ0n) is 14.6. The summed E-state index contributed by atoms with van der Waals surface area (Å²) in [6.07, 6.45) is -1.72. The van der Waals surface area contributed by atoms with Crippen LogP contribution in [-0.2, 0) is 4.74 Å². The second kappa shape index (κ2) is 6.84. The first kappa shape index (κ1) is 18.0. The number of nitrogens with zero attached hydrogens (tertiary/aromatic N) is 3. The van der Waals surface area contributed by atoms with Gasteiger partial charge in [-0.25, -0.2) is 4.68 Å². The summed E-state index contributed by atoms with van der Waals surface area (Å²) in [6, 6.07) is 8.81. The molecule has 2 heterocycles. The van der Waals surface area contributed by atoms with Crippen molar-refractivity contribution < 1.29 is 20.1 Å². The molecule has 0 aliphatic carbocycles. The SMILES string of the molecule is CC(C)(C)C1O[C@H](CO)[C@H](O)[C@H](n2cc(-c3ccccc3)nn2)[C@H]1O. The van der Waals surface area contributed by atoms with Crippen LogP contribution in [0.2, 0.25) is 0 Å². The lowest BCUT2D eigenvalue weighted by atomic mass is 9.79. The van der Waals surface area contributed by atoms with Gasteiger partial charge < -0.3 is 20.1 Å². The fourth-order valence-electron chi connectivity index (χ4n) is 3.29. The monoisotopic (exact) mass is 347 g/mol. The van der Waals surface area contributed by atoms with Crippen LogP contribution in [0.15, 0.2) is 36.5 Å². The van der Waals surface area contributed by atoms with Crippen LogP contribution in [0, 0.1) is 5.41 Å².